The molecule has 6 atom stereocenters. The van der Waals surface area contributed by atoms with Crippen molar-refractivity contribution in [3.8, 4) is 5.69 Å². The molecule has 13 nitrogen and oxygen atoms in total. The van der Waals surface area contributed by atoms with Gasteiger partial charge in [-0.25, -0.2) is 34.9 Å². The number of hydrogen-bond donors (Lipinski definition) is 1. The summed E-state index contributed by atoms with van der Waals surface area (Å²) in [5.41, 5.74) is 12.8. The van der Waals surface area contributed by atoms with Crippen molar-refractivity contribution < 1.29 is 4.39 Å². The van der Waals surface area contributed by atoms with Gasteiger partial charge in [-0.05, 0) is 261 Å². The van der Waals surface area contributed by atoms with Crippen LogP contribution in [0.3, 0.4) is 0 Å². The van der Waals surface area contributed by atoms with E-state index in [0.717, 1.165) is 94.9 Å². The first-order valence-corrected chi connectivity index (χ1v) is 29.8. The third kappa shape index (κ3) is 17.7. The number of pyridine rings is 3. The fourth-order valence-corrected chi connectivity index (χ4v) is 11.8. The lowest BCUT2D eigenvalue weighted by Gasteiger charge is -2.11. The van der Waals surface area contributed by atoms with E-state index in [0.29, 0.717) is 29.5 Å². The minimum absolute atomic E-state index is 0. The lowest BCUT2D eigenvalue weighted by molar-refractivity contribution is 0.476. The molecule has 0 spiro atoms. The molecular formula is C61H73FI2N12O. The lowest BCUT2D eigenvalue weighted by atomic mass is 9.97. The van der Waals surface area contributed by atoms with Gasteiger partial charge in [-0.3, -0.25) is 14.8 Å². The van der Waals surface area contributed by atoms with E-state index in [-0.39, 0.29) is 13.0 Å². The van der Waals surface area contributed by atoms with E-state index in [4.69, 9.17) is 5.73 Å². The number of nitrogens with zero attached hydrogens (tertiary/aromatic N) is 11. The summed E-state index contributed by atoms with van der Waals surface area (Å²) in [5, 5.41) is 4.10. The van der Waals surface area contributed by atoms with E-state index in [1.807, 2.05) is 43.1 Å². The summed E-state index contributed by atoms with van der Waals surface area (Å²) in [6, 6.07) is 14.8. The number of hydrogen-bond acceptors (Lipinski definition) is 12. The SMILES string of the molecule is C.Fc1ccc(I)cn1.Ic1ccc(C[C@H]2CC[C@H](Cc3ncc(C4CC4)cn3)C2)nc1.N[C@H]1CC[C@H](Cc2ncc(C3CC3)cn2)C1.O=c1cccnn1-c1ccc(C[C@H]2CC[C@H](Cc3ncc(C4CC4)cn3)C2)nc1. The van der Waals surface area contributed by atoms with Gasteiger partial charge in [-0.15, -0.1) is 0 Å². The second kappa shape index (κ2) is 27.7. The Kier molecular flexibility index (Phi) is 20.4. The second-order valence-electron chi connectivity index (χ2n) is 22.2. The van der Waals surface area contributed by atoms with E-state index in [1.54, 1.807) is 24.5 Å². The molecule has 0 bridgehead atoms. The molecule has 6 aliphatic carbocycles. The van der Waals surface area contributed by atoms with E-state index in [9.17, 15) is 9.18 Å². The molecule has 6 aliphatic rings. The third-order valence-corrected chi connectivity index (χ3v) is 17.1. The highest BCUT2D eigenvalue weighted by atomic mass is 127. The Labute approximate surface area is 480 Å². The molecule has 0 unspecified atom stereocenters. The van der Waals surface area contributed by atoms with E-state index >= 15 is 0 Å². The maximum Gasteiger partial charge on any atom is 0.271 e. The van der Waals surface area contributed by atoms with E-state index in [2.05, 4.69) is 120 Å². The number of halogens is 3. The van der Waals surface area contributed by atoms with Crippen LogP contribution in [0.1, 0.15) is 167 Å². The van der Waals surface area contributed by atoms with E-state index in [1.165, 1.54) is 139 Å². The number of nitrogens with two attached hydrogens (primary N) is 1. The largest absolute Gasteiger partial charge is 0.328 e. The molecule has 6 saturated carbocycles. The first-order chi connectivity index (χ1) is 37.1. The third-order valence-electron chi connectivity index (χ3n) is 15.9. The van der Waals surface area contributed by atoms with Gasteiger partial charge in [0, 0.05) is 106 Å². The molecule has 404 valence electrons. The highest BCUT2D eigenvalue weighted by molar-refractivity contribution is 14.1. The van der Waals surface area contributed by atoms with Crippen molar-refractivity contribution in [2.45, 2.75) is 160 Å². The first-order valence-electron chi connectivity index (χ1n) is 27.7. The van der Waals surface area contributed by atoms with Crippen molar-refractivity contribution in [3.05, 3.63) is 179 Å². The summed E-state index contributed by atoms with van der Waals surface area (Å²) >= 11 is 4.38. The molecule has 16 heteroatoms. The maximum absolute atomic E-state index is 12.0. The average molecular weight is 1260 g/mol. The fraction of sp³-hybridized carbons (Fsp3) is 0.492. The molecule has 6 fully saturated rings. The van der Waals surface area contributed by atoms with Crippen molar-refractivity contribution in [1.82, 2.24) is 54.6 Å². The Morgan fingerprint density at radius 3 is 1.25 bits per heavy atom. The van der Waals surface area contributed by atoms with Gasteiger partial charge in [0.05, 0.1) is 11.9 Å². The van der Waals surface area contributed by atoms with Gasteiger partial charge in [0.1, 0.15) is 17.5 Å². The highest BCUT2D eigenvalue weighted by Gasteiger charge is 2.30. The Morgan fingerprint density at radius 2 is 0.883 bits per heavy atom. The standard InChI is InChI=1S/C23H25N5O.C19H22IN3.C13H19N3.C5H3FIN.CH4/c29-23-2-1-9-27-28(23)21-8-7-20(24-15-21)11-16-3-4-17(10-16)12-22-25-13-19(14-26-22)18-5-6-18;20-17-5-6-18(21-12-17)8-13-1-2-14(7-13)9-19-22-10-16(11-23-19)15-3-4-15;14-12-4-1-9(5-12)6-13-15-7-11(8-16-13)10-2-3-10;6-5-2-1-4(7)3-8-5;/h1-2,7-9,13-18H,3-6,10-12H2;5-6,10-15H,1-4,7-9H2;7-10,12H,1-6,14H2;1-3H;1H4/t16-,17-;13-,14-;9-,12-;;/m000../s1. The van der Waals surface area contributed by atoms with Crippen LogP contribution in [0.2, 0.25) is 0 Å². The van der Waals surface area contributed by atoms with Crippen LogP contribution >= 0.6 is 45.2 Å². The Hall–Kier alpha value is -5.08. The molecule has 0 aliphatic heterocycles. The van der Waals surface area contributed by atoms with Crippen LogP contribution in [0.5, 0.6) is 0 Å². The molecule has 7 heterocycles. The summed E-state index contributed by atoms with van der Waals surface area (Å²) in [7, 11) is 0. The van der Waals surface area contributed by atoms with Gasteiger partial charge in [0.25, 0.3) is 5.56 Å². The number of aromatic nitrogens is 11. The maximum atomic E-state index is 12.0. The lowest BCUT2D eigenvalue weighted by Crippen LogP contribution is -2.19. The Morgan fingerprint density at radius 1 is 0.468 bits per heavy atom. The van der Waals surface area contributed by atoms with Gasteiger partial charge in [0.15, 0.2) is 0 Å². The highest BCUT2D eigenvalue weighted by Crippen LogP contribution is 2.42. The van der Waals surface area contributed by atoms with Crippen LogP contribution in [-0.4, -0.2) is 60.7 Å². The quantitative estimate of drug-likeness (QED) is 0.0806. The Bertz CT molecular complexity index is 2940. The molecule has 0 radical (unpaired) electrons. The first kappa shape index (κ1) is 56.6. The summed E-state index contributed by atoms with van der Waals surface area (Å²) in [5.74, 6) is 8.38. The van der Waals surface area contributed by atoms with Crippen LogP contribution in [-0.2, 0) is 32.1 Å². The molecule has 77 heavy (non-hydrogen) atoms. The Balaban J connectivity index is 0.000000134. The molecule has 0 aromatic carbocycles. The van der Waals surface area contributed by atoms with Crippen molar-refractivity contribution in [1.29, 1.82) is 0 Å². The molecule has 7 aromatic heterocycles. The van der Waals surface area contributed by atoms with Gasteiger partial charge in [0.2, 0.25) is 5.95 Å². The fourth-order valence-electron chi connectivity index (χ4n) is 11.2. The van der Waals surface area contributed by atoms with Crippen LogP contribution in [0.25, 0.3) is 5.69 Å². The summed E-state index contributed by atoms with van der Waals surface area (Å²) in [6.45, 7) is 0. The van der Waals surface area contributed by atoms with Crippen molar-refractivity contribution >= 4 is 45.2 Å². The van der Waals surface area contributed by atoms with Crippen molar-refractivity contribution in [3.63, 3.8) is 0 Å². The minimum Gasteiger partial charge on any atom is -0.328 e. The predicted octanol–water partition coefficient (Wildman–Crippen LogP) is 12.5. The zero-order valence-electron chi connectivity index (χ0n) is 43.3. The van der Waals surface area contributed by atoms with Crippen molar-refractivity contribution in [2.75, 3.05) is 0 Å². The van der Waals surface area contributed by atoms with Gasteiger partial charge in [-0.1, -0.05) is 7.43 Å². The van der Waals surface area contributed by atoms with Crippen molar-refractivity contribution in [2.24, 2.45) is 35.3 Å². The van der Waals surface area contributed by atoms with Gasteiger partial charge >= 0.3 is 0 Å². The molecule has 2 N–H and O–H groups in total. The van der Waals surface area contributed by atoms with Gasteiger partial charge < -0.3 is 5.73 Å². The predicted molar refractivity (Wildman–Crippen MR) is 316 cm³/mol. The molecule has 0 saturated heterocycles. The number of rotatable bonds is 14. The second-order valence-corrected chi connectivity index (χ2v) is 24.7. The van der Waals surface area contributed by atoms with Crippen LogP contribution in [0.4, 0.5) is 4.39 Å². The van der Waals surface area contributed by atoms with Crippen LogP contribution in [0, 0.1) is 42.7 Å². The summed E-state index contributed by atoms with van der Waals surface area (Å²) < 4.78 is 15.5. The normalized spacial score (nSPS) is 22.3. The molecule has 0 amide bonds. The monoisotopic (exact) mass is 1260 g/mol. The smallest absolute Gasteiger partial charge is 0.271 e. The topological polar surface area (TPSA) is 177 Å². The zero-order chi connectivity index (χ0) is 52.2. The van der Waals surface area contributed by atoms with Crippen LogP contribution in [0.15, 0.2) is 115 Å². The minimum atomic E-state index is -0.426. The zero-order valence-corrected chi connectivity index (χ0v) is 47.6. The molecular weight excluding hydrogens is 1190 g/mol. The van der Waals surface area contributed by atoms with Gasteiger partial charge in [-0.2, -0.15) is 14.2 Å². The summed E-state index contributed by atoms with van der Waals surface area (Å²) in [6.07, 6.45) is 43.2. The molecule has 7 aromatic rings. The van der Waals surface area contributed by atoms with E-state index < -0.39 is 5.95 Å². The molecule has 13 rings (SSSR count). The van der Waals surface area contributed by atoms with Crippen LogP contribution < -0.4 is 11.3 Å². The average Bonchev–Trinajstić information content (AvgIpc) is 4.39. The summed E-state index contributed by atoms with van der Waals surface area (Å²) in [4.78, 5) is 51.8.